The Labute approximate surface area is 119 Å². The van der Waals surface area contributed by atoms with Crippen molar-refractivity contribution in [3.8, 4) is 0 Å². The fourth-order valence-corrected chi connectivity index (χ4v) is 2.37. The van der Waals surface area contributed by atoms with Crippen molar-refractivity contribution in [2.45, 2.75) is 13.8 Å². The van der Waals surface area contributed by atoms with Crippen LogP contribution >= 0.6 is 0 Å². The molecular formula is C15H18N2O2S. The molecule has 2 N–H and O–H groups in total. The molecular weight excluding hydrogens is 272 g/mol. The molecule has 0 amide bonds. The standard InChI is InChI=1S/C15H18N2O2S/c1-3-20(18,19)17-15-7-5-4-6-14(15)16-13-10-8-12(2)9-11-13/h4-11,16-17H,3H2,1-2H3. The summed E-state index contributed by atoms with van der Waals surface area (Å²) in [6.07, 6.45) is 0. The van der Waals surface area contributed by atoms with Gasteiger partial charge in [-0.05, 0) is 38.1 Å². The second kappa shape index (κ2) is 5.96. The quantitative estimate of drug-likeness (QED) is 0.886. The van der Waals surface area contributed by atoms with Crippen LogP contribution in [-0.2, 0) is 10.0 Å². The second-order valence-corrected chi connectivity index (χ2v) is 6.55. The number of benzene rings is 2. The summed E-state index contributed by atoms with van der Waals surface area (Å²) < 4.78 is 25.9. The summed E-state index contributed by atoms with van der Waals surface area (Å²) in [5.41, 5.74) is 3.37. The van der Waals surface area contributed by atoms with Gasteiger partial charge in [-0.3, -0.25) is 4.72 Å². The van der Waals surface area contributed by atoms with Gasteiger partial charge in [0.05, 0.1) is 17.1 Å². The number of sulfonamides is 1. The van der Waals surface area contributed by atoms with Gasteiger partial charge in [-0.2, -0.15) is 0 Å². The minimum absolute atomic E-state index is 0.0475. The lowest BCUT2D eigenvalue weighted by atomic mass is 10.2. The van der Waals surface area contributed by atoms with Crippen molar-refractivity contribution in [2.75, 3.05) is 15.8 Å². The van der Waals surface area contributed by atoms with Gasteiger partial charge in [0.15, 0.2) is 0 Å². The zero-order chi connectivity index (χ0) is 14.6. The summed E-state index contributed by atoms with van der Waals surface area (Å²) in [5.74, 6) is 0.0475. The van der Waals surface area contributed by atoms with E-state index in [4.69, 9.17) is 0 Å². The van der Waals surface area contributed by atoms with E-state index in [9.17, 15) is 8.42 Å². The summed E-state index contributed by atoms with van der Waals surface area (Å²) >= 11 is 0. The summed E-state index contributed by atoms with van der Waals surface area (Å²) in [7, 11) is -3.28. The van der Waals surface area contributed by atoms with Gasteiger partial charge < -0.3 is 5.32 Å². The zero-order valence-corrected chi connectivity index (χ0v) is 12.4. The number of hydrogen-bond donors (Lipinski definition) is 2. The summed E-state index contributed by atoms with van der Waals surface area (Å²) in [5, 5.41) is 3.22. The molecule has 0 fully saturated rings. The number of nitrogens with one attached hydrogen (secondary N) is 2. The van der Waals surface area contributed by atoms with Crippen LogP contribution in [0, 0.1) is 6.92 Å². The third kappa shape index (κ3) is 3.74. The summed E-state index contributed by atoms with van der Waals surface area (Å²) in [6.45, 7) is 3.63. The molecule has 0 radical (unpaired) electrons. The zero-order valence-electron chi connectivity index (χ0n) is 11.6. The largest absolute Gasteiger partial charge is 0.354 e. The topological polar surface area (TPSA) is 58.2 Å². The number of para-hydroxylation sites is 2. The van der Waals surface area contributed by atoms with Crippen LogP contribution in [0.15, 0.2) is 48.5 Å². The predicted octanol–water partition coefficient (Wildman–Crippen LogP) is 3.50. The predicted molar refractivity (Wildman–Crippen MR) is 84.0 cm³/mol. The highest BCUT2D eigenvalue weighted by atomic mass is 32.2. The first-order valence-corrected chi connectivity index (χ1v) is 8.08. The van der Waals surface area contributed by atoms with Crippen molar-refractivity contribution in [2.24, 2.45) is 0 Å². The number of aryl methyl sites for hydroxylation is 1. The van der Waals surface area contributed by atoms with E-state index in [2.05, 4.69) is 10.0 Å². The van der Waals surface area contributed by atoms with Crippen LogP contribution in [0.3, 0.4) is 0 Å². The van der Waals surface area contributed by atoms with Crippen molar-refractivity contribution >= 4 is 27.1 Å². The highest BCUT2D eigenvalue weighted by Gasteiger charge is 2.10. The highest BCUT2D eigenvalue weighted by Crippen LogP contribution is 2.26. The fraction of sp³-hybridized carbons (Fsp3) is 0.200. The van der Waals surface area contributed by atoms with Crippen LogP contribution in [0.1, 0.15) is 12.5 Å². The van der Waals surface area contributed by atoms with E-state index in [1.54, 1.807) is 19.1 Å². The van der Waals surface area contributed by atoms with Crippen molar-refractivity contribution in [1.29, 1.82) is 0 Å². The Morgan fingerprint density at radius 3 is 2.15 bits per heavy atom. The lowest BCUT2D eigenvalue weighted by molar-refractivity contribution is 0.602. The molecule has 0 atom stereocenters. The molecule has 5 heteroatoms. The van der Waals surface area contributed by atoms with E-state index in [-0.39, 0.29) is 5.75 Å². The molecule has 0 aromatic heterocycles. The maximum absolute atomic E-state index is 11.7. The lowest BCUT2D eigenvalue weighted by Crippen LogP contribution is -2.15. The van der Waals surface area contributed by atoms with Gasteiger partial charge >= 0.3 is 0 Å². The fourth-order valence-electron chi connectivity index (χ4n) is 1.71. The molecule has 0 bridgehead atoms. The molecule has 0 heterocycles. The molecule has 2 aromatic carbocycles. The average molecular weight is 290 g/mol. The molecule has 2 rings (SSSR count). The van der Waals surface area contributed by atoms with Gasteiger partial charge in [0.2, 0.25) is 10.0 Å². The molecule has 0 saturated carbocycles. The van der Waals surface area contributed by atoms with Gasteiger partial charge in [-0.25, -0.2) is 8.42 Å². The number of anilines is 3. The van der Waals surface area contributed by atoms with Gasteiger partial charge in [0, 0.05) is 5.69 Å². The van der Waals surface area contributed by atoms with Crippen LogP contribution in [0.25, 0.3) is 0 Å². The van der Waals surface area contributed by atoms with E-state index in [0.29, 0.717) is 5.69 Å². The monoisotopic (exact) mass is 290 g/mol. The maximum Gasteiger partial charge on any atom is 0.232 e. The highest BCUT2D eigenvalue weighted by molar-refractivity contribution is 7.92. The SMILES string of the molecule is CCS(=O)(=O)Nc1ccccc1Nc1ccc(C)cc1. The molecule has 106 valence electrons. The van der Waals surface area contributed by atoms with Gasteiger partial charge in [-0.15, -0.1) is 0 Å². The summed E-state index contributed by atoms with van der Waals surface area (Å²) in [4.78, 5) is 0. The first-order chi connectivity index (χ1) is 9.50. The molecule has 20 heavy (non-hydrogen) atoms. The Morgan fingerprint density at radius 2 is 1.55 bits per heavy atom. The lowest BCUT2D eigenvalue weighted by Gasteiger charge is -2.13. The van der Waals surface area contributed by atoms with Crippen LogP contribution in [-0.4, -0.2) is 14.2 Å². The van der Waals surface area contributed by atoms with Crippen LogP contribution in [0.5, 0.6) is 0 Å². The van der Waals surface area contributed by atoms with Crippen LogP contribution < -0.4 is 10.0 Å². The van der Waals surface area contributed by atoms with E-state index < -0.39 is 10.0 Å². The van der Waals surface area contributed by atoms with Crippen LogP contribution in [0.2, 0.25) is 0 Å². The minimum atomic E-state index is -3.28. The Hall–Kier alpha value is -2.01. The van der Waals surface area contributed by atoms with Crippen molar-refractivity contribution in [1.82, 2.24) is 0 Å². The molecule has 0 unspecified atom stereocenters. The summed E-state index contributed by atoms with van der Waals surface area (Å²) in [6, 6.07) is 15.2. The first-order valence-electron chi connectivity index (χ1n) is 6.43. The normalized spacial score (nSPS) is 11.1. The molecule has 0 aliphatic rings. The van der Waals surface area contributed by atoms with Gasteiger partial charge in [-0.1, -0.05) is 29.8 Å². The maximum atomic E-state index is 11.7. The number of rotatable bonds is 5. The van der Waals surface area contributed by atoms with E-state index >= 15 is 0 Å². The Kier molecular flexibility index (Phi) is 4.29. The molecule has 0 spiro atoms. The van der Waals surface area contributed by atoms with Gasteiger partial charge in [0.25, 0.3) is 0 Å². The van der Waals surface area contributed by atoms with E-state index in [1.807, 2.05) is 43.3 Å². The number of hydrogen-bond acceptors (Lipinski definition) is 3. The van der Waals surface area contributed by atoms with Gasteiger partial charge in [0.1, 0.15) is 0 Å². The van der Waals surface area contributed by atoms with Crippen molar-refractivity contribution in [3.63, 3.8) is 0 Å². The van der Waals surface area contributed by atoms with E-state index in [1.165, 1.54) is 5.56 Å². The van der Waals surface area contributed by atoms with Crippen molar-refractivity contribution in [3.05, 3.63) is 54.1 Å². The van der Waals surface area contributed by atoms with E-state index in [0.717, 1.165) is 11.4 Å². The minimum Gasteiger partial charge on any atom is -0.354 e. The smallest absolute Gasteiger partial charge is 0.232 e. The Bertz CT molecular complexity index is 679. The van der Waals surface area contributed by atoms with Crippen LogP contribution in [0.4, 0.5) is 17.1 Å². The third-order valence-electron chi connectivity index (χ3n) is 2.90. The Morgan fingerprint density at radius 1 is 0.950 bits per heavy atom. The first kappa shape index (κ1) is 14.4. The van der Waals surface area contributed by atoms with Crippen molar-refractivity contribution < 1.29 is 8.42 Å². The molecule has 2 aromatic rings. The molecule has 0 saturated heterocycles. The average Bonchev–Trinajstić information content (AvgIpc) is 2.43. The molecule has 0 aliphatic heterocycles. The Balaban J connectivity index is 2.26. The molecule has 0 aliphatic carbocycles. The second-order valence-electron chi connectivity index (χ2n) is 4.54. The third-order valence-corrected chi connectivity index (χ3v) is 4.19. The molecule has 4 nitrogen and oxygen atoms in total.